The predicted octanol–water partition coefficient (Wildman–Crippen LogP) is 3.46. The Hall–Kier alpha value is -1.84. The summed E-state index contributed by atoms with van der Waals surface area (Å²) in [6.07, 6.45) is 2.42. The minimum atomic E-state index is -0.788. The molecule has 1 saturated carbocycles. The Balaban J connectivity index is 1.98. The van der Waals surface area contributed by atoms with Crippen LogP contribution in [0.1, 0.15) is 50.5 Å². The number of carbonyl (C=O) groups is 1. The monoisotopic (exact) mass is 259 g/mol. The molecule has 1 aromatic heterocycles. The van der Waals surface area contributed by atoms with E-state index in [0.717, 1.165) is 35.4 Å². The average molecular weight is 259 g/mol. The lowest BCUT2D eigenvalue weighted by Gasteiger charge is -2.22. The van der Waals surface area contributed by atoms with Crippen LogP contribution in [-0.4, -0.2) is 16.1 Å². The molecule has 1 N–H and O–H groups in total. The zero-order chi connectivity index (χ0) is 13.6. The Bertz CT molecular complexity index is 638. The molecule has 100 valence electrons. The molecule has 0 radical (unpaired) electrons. The van der Waals surface area contributed by atoms with Crippen LogP contribution in [0.3, 0.4) is 0 Å². The van der Waals surface area contributed by atoms with E-state index in [1.165, 1.54) is 0 Å². The molecule has 0 unspecified atom stereocenters. The van der Waals surface area contributed by atoms with E-state index in [1.807, 2.05) is 32.0 Å². The number of hydrogen-bond donors (Lipinski definition) is 1. The van der Waals surface area contributed by atoms with E-state index in [0.29, 0.717) is 5.92 Å². The van der Waals surface area contributed by atoms with Crippen LogP contribution in [0, 0.1) is 0 Å². The zero-order valence-corrected chi connectivity index (χ0v) is 11.1. The summed E-state index contributed by atoms with van der Waals surface area (Å²) >= 11 is 0. The Morgan fingerprint density at radius 1 is 1.47 bits per heavy atom. The molecule has 0 saturated heterocycles. The third-order valence-electron chi connectivity index (χ3n) is 3.71. The summed E-state index contributed by atoms with van der Waals surface area (Å²) in [5.41, 5.74) is 2.20. The standard InChI is InChI=1S/C15H17NO3/c1-15(2,8-13(17)18)10-5-6-12-11(7-10)16-14(19-12)9-3-4-9/h5-7,9H,3-4,8H2,1-2H3,(H,17,18). The van der Waals surface area contributed by atoms with Gasteiger partial charge in [-0.3, -0.25) is 4.79 Å². The second-order valence-electron chi connectivity index (χ2n) is 5.96. The van der Waals surface area contributed by atoms with Crippen molar-refractivity contribution in [2.45, 2.75) is 44.4 Å². The first-order chi connectivity index (χ1) is 8.95. The number of carboxylic acids is 1. The lowest BCUT2D eigenvalue weighted by molar-refractivity contribution is -0.138. The molecule has 0 amide bonds. The number of benzene rings is 1. The molecule has 1 aliphatic carbocycles. The van der Waals surface area contributed by atoms with Crippen LogP contribution in [0.2, 0.25) is 0 Å². The number of rotatable bonds is 4. The summed E-state index contributed by atoms with van der Waals surface area (Å²) in [4.78, 5) is 15.4. The van der Waals surface area contributed by atoms with Gasteiger partial charge in [-0.1, -0.05) is 19.9 Å². The second kappa shape index (κ2) is 4.08. The van der Waals surface area contributed by atoms with Gasteiger partial charge in [0.05, 0.1) is 6.42 Å². The van der Waals surface area contributed by atoms with E-state index in [-0.39, 0.29) is 6.42 Å². The third-order valence-corrected chi connectivity index (χ3v) is 3.71. The molecule has 0 aliphatic heterocycles. The van der Waals surface area contributed by atoms with Gasteiger partial charge < -0.3 is 9.52 Å². The molecule has 19 heavy (non-hydrogen) atoms. The van der Waals surface area contributed by atoms with Gasteiger partial charge in [-0.2, -0.15) is 0 Å². The molecule has 1 aromatic carbocycles. The predicted molar refractivity (Wildman–Crippen MR) is 71.3 cm³/mol. The first-order valence-electron chi connectivity index (χ1n) is 6.58. The SMILES string of the molecule is CC(C)(CC(=O)O)c1ccc2oc(C3CC3)nc2c1. The van der Waals surface area contributed by atoms with Crippen molar-refractivity contribution in [2.24, 2.45) is 0 Å². The van der Waals surface area contributed by atoms with Crippen LogP contribution in [-0.2, 0) is 10.2 Å². The van der Waals surface area contributed by atoms with Gasteiger partial charge in [0.1, 0.15) is 5.52 Å². The maximum Gasteiger partial charge on any atom is 0.304 e. The second-order valence-corrected chi connectivity index (χ2v) is 5.96. The maximum absolute atomic E-state index is 10.9. The smallest absolute Gasteiger partial charge is 0.304 e. The fraction of sp³-hybridized carbons (Fsp3) is 0.467. The van der Waals surface area contributed by atoms with Crippen LogP contribution >= 0.6 is 0 Å². The maximum atomic E-state index is 10.9. The van der Waals surface area contributed by atoms with E-state index < -0.39 is 11.4 Å². The van der Waals surface area contributed by atoms with Crippen LogP contribution in [0.25, 0.3) is 11.1 Å². The van der Waals surface area contributed by atoms with Gasteiger partial charge >= 0.3 is 5.97 Å². The van der Waals surface area contributed by atoms with Gasteiger partial charge in [-0.05, 0) is 30.5 Å². The van der Waals surface area contributed by atoms with Crippen molar-refractivity contribution in [2.75, 3.05) is 0 Å². The Morgan fingerprint density at radius 2 is 2.21 bits per heavy atom. The van der Waals surface area contributed by atoms with Crippen LogP contribution < -0.4 is 0 Å². The number of oxazole rings is 1. The number of carboxylic acid groups (broad SMARTS) is 1. The molecular formula is C15H17NO3. The lowest BCUT2D eigenvalue weighted by Crippen LogP contribution is -2.21. The van der Waals surface area contributed by atoms with Crippen LogP contribution in [0.4, 0.5) is 0 Å². The third kappa shape index (κ3) is 2.35. The van der Waals surface area contributed by atoms with Crippen molar-refractivity contribution in [1.29, 1.82) is 0 Å². The number of fused-ring (bicyclic) bond motifs is 1. The molecule has 1 heterocycles. The van der Waals surface area contributed by atoms with Gasteiger partial charge in [-0.15, -0.1) is 0 Å². The van der Waals surface area contributed by atoms with Gasteiger partial charge in [0.25, 0.3) is 0 Å². The van der Waals surface area contributed by atoms with Crippen molar-refractivity contribution in [3.63, 3.8) is 0 Å². The van der Waals surface area contributed by atoms with Crippen molar-refractivity contribution in [1.82, 2.24) is 4.98 Å². The largest absolute Gasteiger partial charge is 0.481 e. The highest BCUT2D eigenvalue weighted by Gasteiger charge is 2.29. The number of hydrogen-bond acceptors (Lipinski definition) is 3. The Kier molecular flexibility index (Phi) is 2.62. The summed E-state index contributed by atoms with van der Waals surface area (Å²) < 4.78 is 5.71. The summed E-state index contributed by atoms with van der Waals surface area (Å²) in [6.45, 7) is 3.87. The minimum Gasteiger partial charge on any atom is -0.481 e. The quantitative estimate of drug-likeness (QED) is 0.913. The molecule has 0 atom stereocenters. The molecule has 1 aliphatic rings. The molecule has 4 heteroatoms. The summed E-state index contributed by atoms with van der Waals surface area (Å²) in [5, 5.41) is 8.97. The van der Waals surface area contributed by atoms with Gasteiger partial charge in [0.15, 0.2) is 11.5 Å². The van der Waals surface area contributed by atoms with Crippen molar-refractivity contribution >= 4 is 17.1 Å². The first-order valence-corrected chi connectivity index (χ1v) is 6.58. The Morgan fingerprint density at radius 3 is 2.84 bits per heavy atom. The van der Waals surface area contributed by atoms with Gasteiger partial charge in [-0.25, -0.2) is 4.98 Å². The molecule has 0 bridgehead atoms. The fourth-order valence-corrected chi connectivity index (χ4v) is 2.35. The average Bonchev–Trinajstić information content (AvgIpc) is 3.06. The van der Waals surface area contributed by atoms with E-state index in [9.17, 15) is 4.79 Å². The van der Waals surface area contributed by atoms with Crippen LogP contribution in [0.15, 0.2) is 22.6 Å². The summed E-state index contributed by atoms with van der Waals surface area (Å²) in [6, 6.07) is 5.79. The highest BCUT2D eigenvalue weighted by molar-refractivity contribution is 5.75. The van der Waals surface area contributed by atoms with Gasteiger partial charge in [0.2, 0.25) is 0 Å². The van der Waals surface area contributed by atoms with Crippen LogP contribution in [0.5, 0.6) is 0 Å². The number of aromatic nitrogens is 1. The molecule has 4 nitrogen and oxygen atoms in total. The summed E-state index contributed by atoms with van der Waals surface area (Å²) in [5.74, 6) is 0.523. The van der Waals surface area contributed by atoms with E-state index in [2.05, 4.69) is 4.98 Å². The molecule has 1 fully saturated rings. The molecule has 0 spiro atoms. The fourth-order valence-electron chi connectivity index (χ4n) is 2.35. The topological polar surface area (TPSA) is 63.3 Å². The van der Waals surface area contributed by atoms with Crippen molar-refractivity contribution in [3.8, 4) is 0 Å². The first kappa shape index (κ1) is 12.2. The van der Waals surface area contributed by atoms with Crippen molar-refractivity contribution in [3.05, 3.63) is 29.7 Å². The lowest BCUT2D eigenvalue weighted by atomic mass is 9.81. The van der Waals surface area contributed by atoms with Crippen molar-refractivity contribution < 1.29 is 14.3 Å². The molecular weight excluding hydrogens is 242 g/mol. The minimum absolute atomic E-state index is 0.103. The Labute approximate surface area is 111 Å². The molecule has 3 rings (SSSR count). The zero-order valence-electron chi connectivity index (χ0n) is 11.1. The highest BCUT2D eigenvalue weighted by Crippen LogP contribution is 2.41. The normalized spacial score (nSPS) is 15.9. The highest BCUT2D eigenvalue weighted by atomic mass is 16.4. The van der Waals surface area contributed by atoms with E-state index in [1.54, 1.807) is 0 Å². The summed E-state index contributed by atoms with van der Waals surface area (Å²) in [7, 11) is 0. The van der Waals surface area contributed by atoms with E-state index >= 15 is 0 Å². The van der Waals surface area contributed by atoms with Gasteiger partial charge in [0, 0.05) is 11.3 Å². The number of aliphatic carboxylic acids is 1. The molecule has 2 aromatic rings. The number of nitrogens with zero attached hydrogens (tertiary/aromatic N) is 1. The van der Waals surface area contributed by atoms with E-state index in [4.69, 9.17) is 9.52 Å².